The van der Waals surface area contributed by atoms with Gasteiger partial charge in [-0.2, -0.15) is 0 Å². The monoisotopic (exact) mass is 272 g/mol. The van der Waals surface area contributed by atoms with Crippen molar-refractivity contribution in [3.05, 3.63) is 24.5 Å². The Labute approximate surface area is 103 Å². The zero-order valence-corrected chi connectivity index (χ0v) is 10.5. The molecule has 2 aromatic rings. The predicted molar refractivity (Wildman–Crippen MR) is 62.0 cm³/mol. The Morgan fingerprint density at radius 3 is 2.71 bits per heavy atom. The first-order chi connectivity index (χ1) is 8.04. The van der Waals surface area contributed by atoms with Gasteiger partial charge in [0, 0.05) is 35.2 Å². The molecule has 0 unspecified atom stereocenters. The van der Waals surface area contributed by atoms with Crippen LogP contribution >= 0.6 is 10.7 Å². The lowest BCUT2D eigenvalue weighted by Gasteiger charge is -2.04. The minimum Gasteiger partial charge on any atom is -0.297 e. The molecule has 6 nitrogen and oxygen atoms in total. The van der Waals surface area contributed by atoms with Crippen LogP contribution in [0.5, 0.6) is 0 Å². The Morgan fingerprint density at radius 1 is 1.41 bits per heavy atom. The highest BCUT2D eigenvalue weighted by molar-refractivity contribution is 8.13. The van der Waals surface area contributed by atoms with E-state index in [1.54, 1.807) is 31.5 Å². The molecule has 0 atom stereocenters. The van der Waals surface area contributed by atoms with Gasteiger partial charge in [0.05, 0.1) is 0 Å². The van der Waals surface area contributed by atoms with Crippen LogP contribution in [0.2, 0.25) is 0 Å². The quantitative estimate of drug-likeness (QED) is 0.787. The molecule has 0 spiro atoms. The molecule has 0 amide bonds. The molecule has 0 N–H and O–H groups in total. The van der Waals surface area contributed by atoms with Gasteiger partial charge in [0.15, 0.2) is 5.82 Å². The molecule has 17 heavy (non-hydrogen) atoms. The zero-order valence-electron chi connectivity index (χ0n) is 8.91. The van der Waals surface area contributed by atoms with Crippen molar-refractivity contribution in [3.63, 3.8) is 0 Å². The van der Waals surface area contributed by atoms with Crippen molar-refractivity contribution in [2.24, 2.45) is 0 Å². The third-order valence-electron chi connectivity index (χ3n) is 2.17. The summed E-state index contributed by atoms with van der Waals surface area (Å²) in [5.74, 6) is 0.430. The number of rotatable bonds is 3. The Kier molecular flexibility index (Phi) is 3.12. The summed E-state index contributed by atoms with van der Waals surface area (Å²) in [6.07, 6.45) is 3.20. The van der Waals surface area contributed by atoms with E-state index in [4.69, 9.17) is 10.7 Å². The number of pyridine rings is 1. The average Bonchev–Trinajstić information content (AvgIpc) is 2.73. The van der Waals surface area contributed by atoms with E-state index in [0.29, 0.717) is 17.9 Å². The highest BCUT2D eigenvalue weighted by Gasteiger charge is 2.22. The van der Waals surface area contributed by atoms with Crippen LogP contribution < -0.4 is 0 Å². The van der Waals surface area contributed by atoms with Crippen LogP contribution in [0, 0.1) is 0 Å². The normalized spacial score (nSPS) is 11.6. The van der Waals surface area contributed by atoms with Crippen molar-refractivity contribution in [2.45, 2.75) is 18.6 Å². The van der Waals surface area contributed by atoms with E-state index in [1.807, 2.05) is 0 Å². The maximum absolute atomic E-state index is 11.3. The van der Waals surface area contributed by atoms with Gasteiger partial charge >= 0.3 is 0 Å². The van der Waals surface area contributed by atoms with Crippen LogP contribution in [-0.4, -0.2) is 28.2 Å². The highest BCUT2D eigenvalue weighted by atomic mass is 35.7. The average molecular weight is 273 g/mol. The molecule has 0 saturated carbocycles. The smallest absolute Gasteiger partial charge is 0.296 e. The van der Waals surface area contributed by atoms with E-state index in [2.05, 4.69) is 15.2 Å². The second-order valence-corrected chi connectivity index (χ2v) is 5.69. The molecule has 0 aliphatic rings. The maximum atomic E-state index is 11.3. The standard InChI is InChI=1S/C9H9ClN4O2S/c1-2-14-8(7-4-3-5-11-6-7)12-13-9(14)17(10,15)16/h3-6H,2H2,1H3. The molecule has 2 rings (SSSR count). The van der Waals surface area contributed by atoms with Crippen LogP contribution in [0.25, 0.3) is 11.4 Å². The van der Waals surface area contributed by atoms with Crippen molar-refractivity contribution >= 4 is 19.7 Å². The largest absolute Gasteiger partial charge is 0.297 e. The molecule has 0 saturated heterocycles. The third kappa shape index (κ3) is 2.29. The Morgan fingerprint density at radius 2 is 2.18 bits per heavy atom. The molecule has 90 valence electrons. The fourth-order valence-corrected chi connectivity index (χ4v) is 2.42. The molecule has 0 fully saturated rings. The van der Waals surface area contributed by atoms with Gasteiger partial charge in [-0.3, -0.25) is 9.55 Å². The fourth-order valence-electron chi connectivity index (χ4n) is 1.46. The first-order valence-corrected chi connectivity index (χ1v) is 7.13. The molecular weight excluding hydrogens is 264 g/mol. The summed E-state index contributed by atoms with van der Waals surface area (Å²) in [4.78, 5) is 3.94. The van der Waals surface area contributed by atoms with E-state index in [0.717, 1.165) is 0 Å². The molecule has 0 aromatic carbocycles. The van der Waals surface area contributed by atoms with Gasteiger partial charge in [-0.25, -0.2) is 8.42 Å². The van der Waals surface area contributed by atoms with Gasteiger partial charge in [-0.1, -0.05) is 0 Å². The predicted octanol–water partition coefficient (Wildman–Crippen LogP) is 1.29. The summed E-state index contributed by atoms with van der Waals surface area (Å²) < 4.78 is 24.0. The summed E-state index contributed by atoms with van der Waals surface area (Å²) in [6.45, 7) is 2.19. The second kappa shape index (κ2) is 4.42. The summed E-state index contributed by atoms with van der Waals surface area (Å²) in [7, 11) is 1.38. The molecular formula is C9H9ClN4O2S. The lowest BCUT2D eigenvalue weighted by Crippen LogP contribution is -2.06. The van der Waals surface area contributed by atoms with Crippen molar-refractivity contribution in [3.8, 4) is 11.4 Å². The first kappa shape index (κ1) is 12.0. The Bertz CT molecular complexity index is 624. The van der Waals surface area contributed by atoms with Crippen molar-refractivity contribution in [1.29, 1.82) is 0 Å². The van der Waals surface area contributed by atoms with Gasteiger partial charge in [0.25, 0.3) is 14.2 Å². The van der Waals surface area contributed by atoms with Crippen molar-refractivity contribution in [2.75, 3.05) is 0 Å². The fraction of sp³-hybridized carbons (Fsp3) is 0.222. The molecule has 0 aliphatic heterocycles. The van der Waals surface area contributed by atoms with E-state index in [9.17, 15) is 8.42 Å². The molecule has 0 bridgehead atoms. The van der Waals surface area contributed by atoms with Crippen LogP contribution in [0.4, 0.5) is 0 Å². The van der Waals surface area contributed by atoms with Crippen LogP contribution in [0.3, 0.4) is 0 Å². The minimum atomic E-state index is -3.89. The number of halogens is 1. The lowest BCUT2D eigenvalue weighted by atomic mass is 10.3. The third-order valence-corrected chi connectivity index (χ3v) is 3.32. The lowest BCUT2D eigenvalue weighted by molar-refractivity contribution is 0.582. The first-order valence-electron chi connectivity index (χ1n) is 4.82. The van der Waals surface area contributed by atoms with Crippen LogP contribution in [-0.2, 0) is 15.6 Å². The number of hydrogen-bond acceptors (Lipinski definition) is 5. The van der Waals surface area contributed by atoms with Gasteiger partial charge in [-0.05, 0) is 19.1 Å². The van der Waals surface area contributed by atoms with E-state index < -0.39 is 9.05 Å². The minimum absolute atomic E-state index is 0.250. The number of nitrogens with zero attached hydrogens (tertiary/aromatic N) is 4. The SMILES string of the molecule is CCn1c(-c2cccnc2)nnc1S(=O)(=O)Cl. The van der Waals surface area contributed by atoms with Gasteiger partial charge < -0.3 is 0 Å². The Balaban J connectivity index is 2.62. The number of aromatic nitrogens is 4. The van der Waals surface area contributed by atoms with E-state index in [1.165, 1.54) is 4.57 Å². The number of hydrogen-bond donors (Lipinski definition) is 0. The summed E-state index contributed by atoms with van der Waals surface area (Å²) in [5, 5.41) is 7.18. The van der Waals surface area contributed by atoms with E-state index in [-0.39, 0.29) is 5.16 Å². The summed E-state index contributed by atoms with van der Waals surface area (Å²) in [6, 6.07) is 3.51. The van der Waals surface area contributed by atoms with Crippen molar-refractivity contribution in [1.82, 2.24) is 19.7 Å². The second-order valence-electron chi connectivity index (χ2n) is 3.23. The molecule has 2 aromatic heterocycles. The van der Waals surface area contributed by atoms with Crippen molar-refractivity contribution < 1.29 is 8.42 Å². The van der Waals surface area contributed by atoms with Crippen LogP contribution in [0.15, 0.2) is 29.7 Å². The maximum Gasteiger partial charge on any atom is 0.296 e. The molecule has 0 radical (unpaired) electrons. The topological polar surface area (TPSA) is 77.7 Å². The Hall–Kier alpha value is -1.47. The van der Waals surface area contributed by atoms with Gasteiger partial charge in [-0.15, -0.1) is 10.2 Å². The zero-order chi connectivity index (χ0) is 12.5. The van der Waals surface area contributed by atoms with Gasteiger partial charge in [0.1, 0.15) is 0 Å². The molecule has 0 aliphatic carbocycles. The molecule has 8 heteroatoms. The van der Waals surface area contributed by atoms with E-state index >= 15 is 0 Å². The molecule has 2 heterocycles. The van der Waals surface area contributed by atoms with Crippen LogP contribution in [0.1, 0.15) is 6.92 Å². The summed E-state index contributed by atoms with van der Waals surface area (Å²) in [5.41, 5.74) is 0.688. The highest BCUT2D eigenvalue weighted by Crippen LogP contribution is 2.21. The summed E-state index contributed by atoms with van der Waals surface area (Å²) >= 11 is 0. The van der Waals surface area contributed by atoms with Gasteiger partial charge in [0.2, 0.25) is 0 Å².